The van der Waals surface area contributed by atoms with Crippen molar-refractivity contribution in [1.29, 1.82) is 0 Å². The molecule has 0 radical (unpaired) electrons. The number of hydrogen-bond donors (Lipinski definition) is 1. The third-order valence-corrected chi connectivity index (χ3v) is 7.05. The van der Waals surface area contributed by atoms with Crippen molar-refractivity contribution in [3.05, 3.63) is 66.1 Å². The number of imide groups is 1. The highest BCUT2D eigenvalue weighted by Gasteiger charge is 2.67. The molecule has 0 unspecified atom stereocenters. The molecule has 3 amide bonds. The van der Waals surface area contributed by atoms with Gasteiger partial charge in [0.05, 0.1) is 30.3 Å². The number of nitrogens with one attached hydrogen (secondary N) is 1. The van der Waals surface area contributed by atoms with Gasteiger partial charge in [-0.15, -0.1) is 0 Å². The van der Waals surface area contributed by atoms with Gasteiger partial charge < -0.3 is 9.73 Å². The Bertz CT molecular complexity index is 1000. The summed E-state index contributed by atoms with van der Waals surface area (Å²) in [4.78, 5) is 40.0. The van der Waals surface area contributed by atoms with Gasteiger partial charge in [-0.1, -0.05) is 12.2 Å². The van der Waals surface area contributed by atoms with E-state index in [1.165, 1.54) is 4.90 Å². The number of carbonyl (C=O) groups excluding carboxylic acids is 3. The minimum Gasteiger partial charge on any atom is -0.467 e. The normalized spacial score (nSPS) is 33.6. The van der Waals surface area contributed by atoms with E-state index >= 15 is 0 Å². The van der Waals surface area contributed by atoms with Gasteiger partial charge in [-0.3, -0.25) is 19.3 Å². The molecule has 1 saturated heterocycles. The second-order valence-corrected chi connectivity index (χ2v) is 8.48. The van der Waals surface area contributed by atoms with Crippen LogP contribution in [-0.2, 0) is 16.1 Å². The molecule has 5 aliphatic rings. The van der Waals surface area contributed by atoms with E-state index in [9.17, 15) is 14.4 Å². The lowest BCUT2D eigenvalue weighted by Gasteiger charge is -2.37. The summed E-state index contributed by atoms with van der Waals surface area (Å²) in [5.41, 5.74) is 1.02. The molecule has 29 heavy (non-hydrogen) atoms. The smallest absolute Gasteiger partial charge is 0.251 e. The van der Waals surface area contributed by atoms with Crippen molar-refractivity contribution < 1.29 is 18.8 Å². The molecule has 2 bridgehead atoms. The average molecular weight is 388 g/mol. The molecule has 146 valence electrons. The first-order valence-electron chi connectivity index (χ1n) is 10.1. The van der Waals surface area contributed by atoms with Crippen LogP contribution in [0, 0.1) is 35.5 Å². The fourth-order valence-electron chi connectivity index (χ4n) is 5.66. The Labute approximate surface area is 167 Å². The zero-order valence-electron chi connectivity index (χ0n) is 15.7. The lowest BCUT2D eigenvalue weighted by atomic mass is 9.63. The molecule has 2 saturated carbocycles. The van der Waals surface area contributed by atoms with Crippen LogP contribution < -0.4 is 10.2 Å². The van der Waals surface area contributed by atoms with Crippen LogP contribution >= 0.6 is 0 Å². The van der Waals surface area contributed by atoms with Gasteiger partial charge in [0, 0.05) is 5.56 Å². The minimum absolute atomic E-state index is 0.0836. The Kier molecular flexibility index (Phi) is 3.43. The van der Waals surface area contributed by atoms with E-state index in [0.29, 0.717) is 35.4 Å². The summed E-state index contributed by atoms with van der Waals surface area (Å²) in [6, 6.07) is 10.2. The van der Waals surface area contributed by atoms with E-state index in [1.54, 1.807) is 42.7 Å². The molecule has 4 aliphatic carbocycles. The lowest BCUT2D eigenvalue weighted by Crippen LogP contribution is -2.40. The van der Waals surface area contributed by atoms with E-state index < -0.39 is 0 Å². The van der Waals surface area contributed by atoms with Gasteiger partial charge in [-0.05, 0) is 66.5 Å². The summed E-state index contributed by atoms with van der Waals surface area (Å²) in [5.74, 6) is 1.45. The van der Waals surface area contributed by atoms with Gasteiger partial charge in [0.15, 0.2) is 0 Å². The monoisotopic (exact) mass is 388 g/mol. The minimum atomic E-state index is -0.233. The Balaban J connectivity index is 1.21. The summed E-state index contributed by atoms with van der Waals surface area (Å²) < 4.78 is 5.21. The van der Waals surface area contributed by atoms with Crippen molar-refractivity contribution in [2.45, 2.75) is 13.0 Å². The van der Waals surface area contributed by atoms with Crippen LogP contribution in [0.25, 0.3) is 0 Å². The van der Waals surface area contributed by atoms with Crippen LogP contribution in [0.5, 0.6) is 0 Å². The lowest BCUT2D eigenvalue weighted by molar-refractivity contribution is -0.124. The largest absolute Gasteiger partial charge is 0.467 e. The van der Waals surface area contributed by atoms with Gasteiger partial charge in [0.25, 0.3) is 5.91 Å². The summed E-state index contributed by atoms with van der Waals surface area (Å²) in [6.07, 6.45) is 7.04. The van der Waals surface area contributed by atoms with E-state index in [0.717, 1.165) is 6.42 Å². The molecule has 2 aromatic rings. The zero-order chi connectivity index (χ0) is 19.7. The number of hydrogen-bond acceptors (Lipinski definition) is 4. The quantitative estimate of drug-likeness (QED) is 0.645. The zero-order valence-corrected chi connectivity index (χ0v) is 15.7. The Morgan fingerprint density at radius 1 is 1.00 bits per heavy atom. The maximum Gasteiger partial charge on any atom is 0.251 e. The van der Waals surface area contributed by atoms with Crippen LogP contribution in [0.3, 0.4) is 0 Å². The molecule has 1 aromatic heterocycles. The number of amides is 3. The molecule has 7 rings (SSSR count). The molecular formula is C23H20N2O4. The number of allylic oxidation sites excluding steroid dienone is 2. The van der Waals surface area contributed by atoms with Gasteiger partial charge in [-0.2, -0.15) is 0 Å². The number of rotatable bonds is 4. The summed E-state index contributed by atoms with van der Waals surface area (Å²) in [5, 5.41) is 2.79. The van der Waals surface area contributed by atoms with Crippen molar-refractivity contribution in [3.8, 4) is 0 Å². The molecular weight excluding hydrogens is 368 g/mol. The van der Waals surface area contributed by atoms with Crippen molar-refractivity contribution in [3.63, 3.8) is 0 Å². The fraction of sp³-hybridized carbons (Fsp3) is 0.348. The molecule has 2 heterocycles. The second-order valence-electron chi connectivity index (χ2n) is 8.48. The summed E-state index contributed by atoms with van der Waals surface area (Å²) >= 11 is 0. The van der Waals surface area contributed by atoms with Crippen molar-refractivity contribution in [2.24, 2.45) is 35.5 Å². The van der Waals surface area contributed by atoms with E-state index in [-0.39, 0.29) is 41.4 Å². The van der Waals surface area contributed by atoms with Crippen molar-refractivity contribution in [2.75, 3.05) is 4.90 Å². The Morgan fingerprint density at radius 2 is 1.66 bits per heavy atom. The van der Waals surface area contributed by atoms with E-state index in [2.05, 4.69) is 17.5 Å². The standard InChI is InChI=1S/C23H20N2O4/c26-21(24-11-14-2-1-9-29-14)12-3-5-13(6-4-12)25-22(27)19-15-7-8-16(18-10-17(15)18)20(19)23(25)28/h1-9,15-20H,10-11H2,(H,24,26)/t15-,16-,17-,18-,19-,20+/m0/s1. The predicted octanol–water partition coefficient (Wildman–Crippen LogP) is 2.77. The molecule has 1 N–H and O–H groups in total. The third kappa shape index (κ3) is 2.38. The summed E-state index contributed by atoms with van der Waals surface area (Å²) in [6.45, 7) is 0.304. The molecule has 0 spiro atoms. The maximum atomic E-state index is 13.1. The van der Waals surface area contributed by atoms with Crippen LogP contribution in [0.1, 0.15) is 22.5 Å². The maximum absolute atomic E-state index is 13.1. The van der Waals surface area contributed by atoms with Gasteiger partial charge >= 0.3 is 0 Å². The Morgan fingerprint density at radius 3 is 2.24 bits per heavy atom. The number of anilines is 1. The Hall–Kier alpha value is -3.15. The highest BCUT2D eigenvalue weighted by atomic mass is 16.3. The first kappa shape index (κ1) is 16.8. The molecule has 6 nitrogen and oxygen atoms in total. The highest BCUT2D eigenvalue weighted by Crippen LogP contribution is 2.65. The SMILES string of the molecule is O=C(NCc1ccco1)c1ccc(N2C(=O)[C@@H]3[C@H]4C=C[C@@H]([C@@H]5C[C@@H]45)[C@@H]3C2=O)cc1. The molecule has 6 atom stereocenters. The highest BCUT2D eigenvalue weighted by molar-refractivity contribution is 6.22. The first-order chi connectivity index (χ1) is 14.1. The van der Waals surface area contributed by atoms with Crippen LogP contribution in [-0.4, -0.2) is 17.7 Å². The van der Waals surface area contributed by atoms with Crippen LogP contribution in [0.2, 0.25) is 0 Å². The molecule has 1 aromatic carbocycles. The second kappa shape index (κ2) is 5.92. The van der Waals surface area contributed by atoms with Crippen molar-refractivity contribution in [1.82, 2.24) is 5.32 Å². The first-order valence-corrected chi connectivity index (χ1v) is 10.1. The van der Waals surface area contributed by atoms with Crippen molar-refractivity contribution >= 4 is 23.4 Å². The third-order valence-electron chi connectivity index (χ3n) is 7.05. The van der Waals surface area contributed by atoms with Crippen LogP contribution in [0.4, 0.5) is 5.69 Å². The number of benzene rings is 1. The molecule has 6 heteroatoms. The number of nitrogens with zero attached hydrogens (tertiary/aromatic N) is 1. The average Bonchev–Trinajstić information content (AvgIpc) is 3.33. The van der Waals surface area contributed by atoms with Gasteiger partial charge in [-0.25, -0.2) is 0 Å². The number of carbonyl (C=O) groups is 3. The topological polar surface area (TPSA) is 79.6 Å². The predicted molar refractivity (Wildman–Crippen MR) is 104 cm³/mol. The van der Waals surface area contributed by atoms with Gasteiger partial charge in [0.2, 0.25) is 11.8 Å². The summed E-state index contributed by atoms with van der Waals surface area (Å²) in [7, 11) is 0. The molecule has 3 fully saturated rings. The van der Waals surface area contributed by atoms with Crippen LogP contribution in [0.15, 0.2) is 59.2 Å². The van der Waals surface area contributed by atoms with E-state index in [4.69, 9.17) is 4.42 Å². The molecule has 1 aliphatic heterocycles. The van der Waals surface area contributed by atoms with E-state index in [1.807, 2.05) is 0 Å². The van der Waals surface area contributed by atoms with Gasteiger partial charge in [0.1, 0.15) is 5.76 Å². The number of furan rings is 1. The fourth-order valence-corrected chi connectivity index (χ4v) is 5.66.